The van der Waals surface area contributed by atoms with Crippen molar-refractivity contribution in [1.82, 2.24) is 0 Å². The van der Waals surface area contributed by atoms with Crippen LogP contribution in [0.15, 0.2) is 77.7 Å². The second-order valence-corrected chi connectivity index (χ2v) is 8.16. The zero-order valence-electron chi connectivity index (χ0n) is 16.9. The molecule has 0 aliphatic rings. The van der Waals surface area contributed by atoms with Crippen LogP contribution in [0.3, 0.4) is 0 Å². The minimum Gasteiger partial charge on any atom is -0.497 e. The van der Waals surface area contributed by atoms with Gasteiger partial charge in [-0.1, -0.05) is 29.8 Å². The van der Waals surface area contributed by atoms with Gasteiger partial charge in [-0.2, -0.15) is 8.42 Å². The zero-order valence-corrected chi connectivity index (χ0v) is 17.7. The highest BCUT2D eigenvalue weighted by Gasteiger charge is 2.14. The number of rotatable bonds is 10. The van der Waals surface area contributed by atoms with Crippen molar-refractivity contribution in [3.63, 3.8) is 0 Å². The summed E-state index contributed by atoms with van der Waals surface area (Å²) in [6, 6.07) is 21.3. The van der Waals surface area contributed by atoms with Crippen LogP contribution in [0.25, 0.3) is 0 Å². The third-order valence-corrected chi connectivity index (χ3v) is 5.61. The highest BCUT2D eigenvalue weighted by molar-refractivity contribution is 7.86. The largest absolute Gasteiger partial charge is 0.497 e. The maximum atomic E-state index is 12.1. The summed E-state index contributed by atoms with van der Waals surface area (Å²) in [6.45, 7) is 2.36. The Morgan fingerprint density at radius 3 is 1.90 bits per heavy atom. The number of hydrogen-bond donors (Lipinski definition) is 0. The molecular formula is C23H24O6S. The van der Waals surface area contributed by atoms with Gasteiger partial charge >= 0.3 is 0 Å². The Morgan fingerprint density at radius 2 is 1.27 bits per heavy atom. The molecule has 158 valence electrons. The Bertz CT molecular complexity index is 1030. The van der Waals surface area contributed by atoms with E-state index in [1.54, 1.807) is 31.4 Å². The summed E-state index contributed by atoms with van der Waals surface area (Å²) in [5.41, 5.74) is 1.96. The van der Waals surface area contributed by atoms with E-state index in [9.17, 15) is 8.42 Å². The first-order valence-corrected chi connectivity index (χ1v) is 10.8. The second kappa shape index (κ2) is 10.1. The van der Waals surface area contributed by atoms with E-state index in [2.05, 4.69) is 0 Å². The molecule has 7 heteroatoms. The molecule has 0 fully saturated rings. The number of hydrogen-bond acceptors (Lipinski definition) is 6. The molecule has 3 aromatic carbocycles. The zero-order chi connectivity index (χ0) is 21.4. The van der Waals surface area contributed by atoms with Gasteiger partial charge in [-0.05, 0) is 61.0 Å². The summed E-state index contributed by atoms with van der Waals surface area (Å²) in [5, 5.41) is 0. The van der Waals surface area contributed by atoms with Crippen molar-refractivity contribution in [3.8, 4) is 17.2 Å². The molecule has 0 saturated heterocycles. The average Bonchev–Trinajstić information content (AvgIpc) is 2.77. The topological polar surface area (TPSA) is 71.1 Å². The van der Waals surface area contributed by atoms with Crippen LogP contribution in [0, 0.1) is 6.92 Å². The molecule has 0 N–H and O–H groups in total. The monoisotopic (exact) mass is 428 g/mol. The van der Waals surface area contributed by atoms with E-state index in [0.29, 0.717) is 12.4 Å². The lowest BCUT2D eigenvalue weighted by Gasteiger charge is -2.10. The van der Waals surface area contributed by atoms with Gasteiger partial charge in [-0.25, -0.2) is 0 Å². The molecule has 0 spiro atoms. The number of aryl methyl sites for hydroxylation is 1. The SMILES string of the molecule is COc1ccc(OCc2ccc(OCCOS(=O)(=O)c3ccc(C)cc3)cc2)cc1. The van der Waals surface area contributed by atoms with Gasteiger partial charge in [0, 0.05) is 0 Å². The second-order valence-electron chi connectivity index (χ2n) is 6.55. The fourth-order valence-electron chi connectivity index (χ4n) is 2.60. The molecule has 30 heavy (non-hydrogen) atoms. The molecular weight excluding hydrogens is 404 g/mol. The third kappa shape index (κ3) is 6.23. The summed E-state index contributed by atoms with van der Waals surface area (Å²) in [5.74, 6) is 2.15. The summed E-state index contributed by atoms with van der Waals surface area (Å²) in [7, 11) is -2.16. The lowest BCUT2D eigenvalue weighted by Crippen LogP contribution is -2.13. The molecule has 0 radical (unpaired) electrons. The predicted molar refractivity (Wildman–Crippen MR) is 114 cm³/mol. The summed E-state index contributed by atoms with van der Waals surface area (Å²) >= 11 is 0. The van der Waals surface area contributed by atoms with Crippen molar-refractivity contribution < 1.29 is 26.8 Å². The fourth-order valence-corrected chi connectivity index (χ4v) is 3.49. The van der Waals surface area contributed by atoms with Crippen molar-refractivity contribution in [1.29, 1.82) is 0 Å². The first kappa shape index (κ1) is 21.7. The summed E-state index contributed by atoms with van der Waals surface area (Å²) < 4.78 is 45.7. The van der Waals surface area contributed by atoms with E-state index >= 15 is 0 Å². The van der Waals surface area contributed by atoms with Crippen LogP contribution in [0.5, 0.6) is 17.2 Å². The van der Waals surface area contributed by atoms with Crippen LogP contribution in [-0.2, 0) is 20.9 Å². The highest BCUT2D eigenvalue weighted by atomic mass is 32.2. The van der Waals surface area contributed by atoms with E-state index in [0.717, 1.165) is 22.6 Å². The Hall–Kier alpha value is -3.03. The molecule has 0 saturated carbocycles. The molecule has 0 aromatic heterocycles. The number of benzene rings is 3. The number of methoxy groups -OCH3 is 1. The first-order chi connectivity index (χ1) is 14.5. The standard InChI is InChI=1S/C23H24O6S/c1-18-3-13-23(14-4-18)30(24,25)29-16-15-27-21-7-5-19(6-8-21)17-28-22-11-9-20(26-2)10-12-22/h3-14H,15-17H2,1-2H3. The Morgan fingerprint density at radius 1 is 0.700 bits per heavy atom. The molecule has 6 nitrogen and oxygen atoms in total. The van der Waals surface area contributed by atoms with Crippen molar-refractivity contribution in [2.24, 2.45) is 0 Å². The van der Waals surface area contributed by atoms with Crippen LogP contribution in [0.2, 0.25) is 0 Å². The van der Waals surface area contributed by atoms with Crippen LogP contribution in [0.1, 0.15) is 11.1 Å². The van der Waals surface area contributed by atoms with E-state index in [1.165, 1.54) is 12.1 Å². The van der Waals surface area contributed by atoms with Gasteiger partial charge in [0.15, 0.2) is 0 Å². The van der Waals surface area contributed by atoms with Crippen LogP contribution in [-0.4, -0.2) is 28.7 Å². The van der Waals surface area contributed by atoms with Crippen LogP contribution < -0.4 is 14.2 Å². The fraction of sp³-hybridized carbons (Fsp3) is 0.217. The van der Waals surface area contributed by atoms with Gasteiger partial charge in [0.05, 0.1) is 12.0 Å². The normalized spacial score (nSPS) is 11.1. The summed E-state index contributed by atoms with van der Waals surface area (Å²) in [4.78, 5) is 0.134. The smallest absolute Gasteiger partial charge is 0.297 e. The van der Waals surface area contributed by atoms with Crippen molar-refractivity contribution in [2.45, 2.75) is 18.4 Å². The van der Waals surface area contributed by atoms with Gasteiger partial charge in [-0.3, -0.25) is 4.18 Å². The Balaban J connectivity index is 1.42. The Labute approximate surface area is 177 Å². The molecule has 0 aliphatic carbocycles. The van der Waals surface area contributed by atoms with Gasteiger partial charge in [0.1, 0.15) is 37.1 Å². The molecule has 0 atom stereocenters. The van der Waals surface area contributed by atoms with Gasteiger partial charge in [0.25, 0.3) is 10.1 Å². The summed E-state index contributed by atoms with van der Waals surface area (Å²) in [6.07, 6.45) is 0. The van der Waals surface area contributed by atoms with Gasteiger partial charge in [0.2, 0.25) is 0 Å². The van der Waals surface area contributed by atoms with Crippen molar-refractivity contribution in [3.05, 3.63) is 83.9 Å². The van der Waals surface area contributed by atoms with Gasteiger partial charge < -0.3 is 14.2 Å². The maximum Gasteiger partial charge on any atom is 0.297 e. The highest BCUT2D eigenvalue weighted by Crippen LogP contribution is 2.19. The Kier molecular flexibility index (Phi) is 7.32. The molecule has 3 rings (SSSR count). The van der Waals surface area contributed by atoms with E-state index in [-0.39, 0.29) is 18.1 Å². The molecule has 3 aromatic rings. The van der Waals surface area contributed by atoms with Gasteiger partial charge in [-0.15, -0.1) is 0 Å². The van der Waals surface area contributed by atoms with E-state index < -0.39 is 10.1 Å². The van der Waals surface area contributed by atoms with E-state index in [1.807, 2.05) is 43.3 Å². The minimum absolute atomic E-state index is 0.0709. The van der Waals surface area contributed by atoms with E-state index in [4.69, 9.17) is 18.4 Å². The molecule has 0 heterocycles. The lowest BCUT2D eigenvalue weighted by molar-refractivity contribution is 0.221. The molecule has 0 aliphatic heterocycles. The average molecular weight is 429 g/mol. The third-order valence-electron chi connectivity index (χ3n) is 4.29. The van der Waals surface area contributed by atoms with Crippen molar-refractivity contribution in [2.75, 3.05) is 20.3 Å². The van der Waals surface area contributed by atoms with Crippen LogP contribution in [0.4, 0.5) is 0 Å². The quantitative estimate of drug-likeness (QED) is 0.353. The first-order valence-electron chi connectivity index (χ1n) is 9.41. The maximum absolute atomic E-state index is 12.1. The molecule has 0 bridgehead atoms. The van der Waals surface area contributed by atoms with Crippen LogP contribution >= 0.6 is 0 Å². The molecule has 0 unspecified atom stereocenters. The van der Waals surface area contributed by atoms with Crippen molar-refractivity contribution >= 4 is 10.1 Å². The number of ether oxygens (including phenoxy) is 3. The predicted octanol–water partition coefficient (Wildman–Crippen LogP) is 4.37. The molecule has 0 amide bonds. The minimum atomic E-state index is -3.78. The lowest BCUT2D eigenvalue weighted by atomic mass is 10.2.